The summed E-state index contributed by atoms with van der Waals surface area (Å²) in [6.07, 6.45) is 4.08. The Balaban J connectivity index is 1.80. The molecule has 1 saturated heterocycles. The minimum atomic E-state index is -0.301. The van der Waals surface area contributed by atoms with Crippen LogP contribution < -0.4 is 0 Å². The maximum Gasteiger partial charge on any atom is 0.257 e. The minimum Gasteiger partial charge on any atom is -0.336 e. The Morgan fingerprint density at radius 3 is 2.45 bits per heavy atom. The average Bonchev–Trinajstić information content (AvgIpc) is 2.89. The lowest BCUT2D eigenvalue weighted by atomic mass is 10.0. The van der Waals surface area contributed by atoms with Crippen molar-refractivity contribution in [2.45, 2.75) is 46.2 Å². The molecular formula is C22H27FN4O2. The number of hydrogen-bond donors (Lipinski definition) is 0. The molecule has 1 atom stereocenters. The van der Waals surface area contributed by atoms with Gasteiger partial charge in [0.2, 0.25) is 5.91 Å². The van der Waals surface area contributed by atoms with Gasteiger partial charge in [0.1, 0.15) is 11.6 Å². The summed E-state index contributed by atoms with van der Waals surface area (Å²) in [5.74, 6) is 0.393. The van der Waals surface area contributed by atoms with Crippen LogP contribution >= 0.6 is 0 Å². The molecule has 0 saturated carbocycles. The second-order valence-corrected chi connectivity index (χ2v) is 7.70. The highest BCUT2D eigenvalue weighted by Gasteiger charge is 2.33. The van der Waals surface area contributed by atoms with E-state index < -0.39 is 0 Å². The van der Waals surface area contributed by atoms with Gasteiger partial charge in [-0.2, -0.15) is 0 Å². The van der Waals surface area contributed by atoms with Crippen molar-refractivity contribution in [3.63, 3.8) is 0 Å². The Bertz CT molecular complexity index is 852. The number of aromatic nitrogens is 2. The van der Waals surface area contributed by atoms with Gasteiger partial charge in [0.15, 0.2) is 0 Å². The monoisotopic (exact) mass is 398 g/mol. The SMILES string of the molecule is CCc1ncc(C(=O)N2CCC(=O)N(Cc3ccc(F)cc3)[C@@H](C(C)C)C2)cn1. The fourth-order valence-corrected chi connectivity index (χ4v) is 3.55. The summed E-state index contributed by atoms with van der Waals surface area (Å²) < 4.78 is 13.2. The summed E-state index contributed by atoms with van der Waals surface area (Å²) in [6.45, 7) is 7.25. The number of hydrogen-bond acceptors (Lipinski definition) is 4. The summed E-state index contributed by atoms with van der Waals surface area (Å²) in [6, 6.07) is 6.06. The molecule has 1 aromatic heterocycles. The Morgan fingerprint density at radius 1 is 1.21 bits per heavy atom. The fourth-order valence-electron chi connectivity index (χ4n) is 3.55. The second-order valence-electron chi connectivity index (χ2n) is 7.70. The first-order chi connectivity index (χ1) is 13.9. The first kappa shape index (κ1) is 20.9. The number of rotatable bonds is 5. The summed E-state index contributed by atoms with van der Waals surface area (Å²) >= 11 is 0. The van der Waals surface area contributed by atoms with Gasteiger partial charge in [-0.05, 0) is 23.6 Å². The molecule has 6 nitrogen and oxygen atoms in total. The number of aryl methyl sites for hydroxylation is 1. The first-order valence-corrected chi connectivity index (χ1v) is 10.0. The molecule has 0 aliphatic carbocycles. The van der Waals surface area contributed by atoms with Gasteiger partial charge in [-0.15, -0.1) is 0 Å². The molecule has 0 N–H and O–H groups in total. The van der Waals surface area contributed by atoms with E-state index in [2.05, 4.69) is 9.97 Å². The lowest BCUT2D eigenvalue weighted by molar-refractivity contribution is -0.134. The molecule has 0 spiro atoms. The van der Waals surface area contributed by atoms with Crippen LogP contribution in [0.5, 0.6) is 0 Å². The summed E-state index contributed by atoms with van der Waals surface area (Å²) in [4.78, 5) is 37.9. The van der Waals surface area contributed by atoms with Gasteiger partial charge in [-0.3, -0.25) is 9.59 Å². The third kappa shape index (κ3) is 4.96. The van der Waals surface area contributed by atoms with Crippen molar-refractivity contribution in [1.29, 1.82) is 0 Å². The standard InChI is InChI=1S/C22H27FN4O2/c1-4-20-24-11-17(12-25-20)22(29)26-10-9-21(28)27(19(14-26)15(2)3)13-16-5-7-18(23)8-6-16/h5-8,11-12,15,19H,4,9-10,13-14H2,1-3H3/t19-/m1/s1. The van der Waals surface area contributed by atoms with E-state index in [1.165, 1.54) is 12.1 Å². The van der Waals surface area contributed by atoms with Crippen LogP contribution in [0.25, 0.3) is 0 Å². The highest BCUT2D eigenvalue weighted by atomic mass is 19.1. The predicted octanol–water partition coefficient (Wildman–Crippen LogP) is 3.08. The van der Waals surface area contributed by atoms with Gasteiger partial charge < -0.3 is 9.80 Å². The van der Waals surface area contributed by atoms with Crippen molar-refractivity contribution in [1.82, 2.24) is 19.8 Å². The molecule has 1 aliphatic rings. The van der Waals surface area contributed by atoms with E-state index in [-0.39, 0.29) is 36.0 Å². The molecule has 2 aromatic rings. The van der Waals surface area contributed by atoms with Crippen molar-refractivity contribution in [2.75, 3.05) is 13.1 Å². The number of halogens is 1. The Labute approximate surface area is 170 Å². The Hall–Kier alpha value is -2.83. The van der Waals surface area contributed by atoms with Crippen molar-refractivity contribution >= 4 is 11.8 Å². The molecule has 2 heterocycles. The highest BCUT2D eigenvalue weighted by Crippen LogP contribution is 2.22. The normalized spacial score (nSPS) is 17.6. The molecular weight excluding hydrogens is 371 g/mol. The molecule has 2 amide bonds. The minimum absolute atomic E-state index is 0.000839. The van der Waals surface area contributed by atoms with Gasteiger partial charge >= 0.3 is 0 Å². The number of carbonyl (C=O) groups excluding carboxylic acids is 2. The van der Waals surface area contributed by atoms with Crippen LogP contribution in [0.4, 0.5) is 4.39 Å². The van der Waals surface area contributed by atoms with E-state index in [1.54, 1.807) is 29.4 Å². The molecule has 1 aromatic carbocycles. The molecule has 3 rings (SSSR count). The largest absolute Gasteiger partial charge is 0.336 e. The molecule has 29 heavy (non-hydrogen) atoms. The lowest BCUT2D eigenvalue weighted by Crippen LogP contribution is -2.47. The average molecular weight is 398 g/mol. The fraction of sp³-hybridized carbons (Fsp3) is 0.455. The van der Waals surface area contributed by atoms with Crippen LogP contribution in [0.1, 0.15) is 48.9 Å². The van der Waals surface area contributed by atoms with E-state index >= 15 is 0 Å². The van der Waals surface area contributed by atoms with E-state index in [9.17, 15) is 14.0 Å². The quantitative estimate of drug-likeness (QED) is 0.776. The van der Waals surface area contributed by atoms with Crippen molar-refractivity contribution in [3.8, 4) is 0 Å². The molecule has 0 radical (unpaired) electrons. The lowest BCUT2D eigenvalue weighted by Gasteiger charge is -2.34. The predicted molar refractivity (Wildman–Crippen MR) is 108 cm³/mol. The molecule has 154 valence electrons. The topological polar surface area (TPSA) is 66.4 Å². The third-order valence-electron chi connectivity index (χ3n) is 5.32. The molecule has 0 bridgehead atoms. The zero-order chi connectivity index (χ0) is 21.0. The smallest absolute Gasteiger partial charge is 0.257 e. The molecule has 1 fully saturated rings. The maximum atomic E-state index is 13.2. The van der Waals surface area contributed by atoms with Crippen molar-refractivity contribution in [2.24, 2.45) is 5.92 Å². The van der Waals surface area contributed by atoms with Crippen LogP contribution in [-0.4, -0.2) is 50.7 Å². The molecule has 0 unspecified atom stereocenters. The van der Waals surface area contributed by atoms with Crippen LogP contribution in [0.2, 0.25) is 0 Å². The van der Waals surface area contributed by atoms with Gasteiger partial charge in [0.25, 0.3) is 5.91 Å². The van der Waals surface area contributed by atoms with E-state index in [1.807, 2.05) is 25.7 Å². The van der Waals surface area contributed by atoms with Crippen LogP contribution in [0.3, 0.4) is 0 Å². The molecule has 1 aliphatic heterocycles. The number of benzene rings is 1. The number of carbonyl (C=O) groups is 2. The maximum absolute atomic E-state index is 13.2. The van der Waals surface area contributed by atoms with Gasteiger partial charge in [-0.25, -0.2) is 14.4 Å². The zero-order valence-corrected chi connectivity index (χ0v) is 17.1. The van der Waals surface area contributed by atoms with Crippen LogP contribution in [0, 0.1) is 11.7 Å². The second kappa shape index (κ2) is 9.11. The van der Waals surface area contributed by atoms with E-state index in [4.69, 9.17) is 0 Å². The number of nitrogens with zero attached hydrogens (tertiary/aromatic N) is 4. The van der Waals surface area contributed by atoms with Crippen molar-refractivity contribution in [3.05, 3.63) is 59.4 Å². The van der Waals surface area contributed by atoms with E-state index in [0.717, 1.165) is 5.56 Å². The highest BCUT2D eigenvalue weighted by molar-refractivity contribution is 5.94. The zero-order valence-electron chi connectivity index (χ0n) is 17.1. The first-order valence-electron chi connectivity index (χ1n) is 10.0. The molecule has 7 heteroatoms. The summed E-state index contributed by atoms with van der Waals surface area (Å²) in [7, 11) is 0. The van der Waals surface area contributed by atoms with Crippen molar-refractivity contribution < 1.29 is 14.0 Å². The van der Waals surface area contributed by atoms with E-state index in [0.29, 0.717) is 37.4 Å². The number of amides is 2. The van der Waals surface area contributed by atoms with Crippen LogP contribution in [0.15, 0.2) is 36.7 Å². The van der Waals surface area contributed by atoms with Gasteiger partial charge in [-0.1, -0.05) is 32.9 Å². The van der Waals surface area contributed by atoms with Gasteiger partial charge in [0.05, 0.1) is 11.6 Å². The van der Waals surface area contributed by atoms with Gasteiger partial charge in [0, 0.05) is 44.9 Å². The Kier molecular flexibility index (Phi) is 6.56. The Morgan fingerprint density at radius 2 is 1.86 bits per heavy atom. The summed E-state index contributed by atoms with van der Waals surface area (Å²) in [5, 5.41) is 0. The summed E-state index contributed by atoms with van der Waals surface area (Å²) in [5.41, 5.74) is 1.30. The third-order valence-corrected chi connectivity index (χ3v) is 5.32. The van der Waals surface area contributed by atoms with Crippen LogP contribution in [-0.2, 0) is 17.8 Å².